The van der Waals surface area contributed by atoms with Gasteiger partial charge < -0.3 is 4.42 Å². The number of rotatable bonds is 5. The summed E-state index contributed by atoms with van der Waals surface area (Å²) in [4.78, 5) is 25.9. The Bertz CT molecular complexity index is 985. The van der Waals surface area contributed by atoms with E-state index >= 15 is 0 Å². The van der Waals surface area contributed by atoms with Crippen LogP contribution in [0.5, 0.6) is 0 Å². The van der Waals surface area contributed by atoms with Crippen LogP contribution in [-0.4, -0.2) is 22.0 Å². The van der Waals surface area contributed by atoms with Gasteiger partial charge in [0.2, 0.25) is 0 Å². The number of hydrogen-bond donors (Lipinski definition) is 1. The smallest absolute Gasteiger partial charge is 0.272 e. The zero-order chi connectivity index (χ0) is 18.5. The molecule has 1 amide bonds. The van der Waals surface area contributed by atoms with Gasteiger partial charge in [-0.1, -0.05) is 11.6 Å². The summed E-state index contributed by atoms with van der Waals surface area (Å²) >= 11 is 6.07. The van der Waals surface area contributed by atoms with Gasteiger partial charge in [-0.3, -0.25) is 19.9 Å². The summed E-state index contributed by atoms with van der Waals surface area (Å²) in [7, 11) is 0. The van der Waals surface area contributed by atoms with Gasteiger partial charge in [-0.2, -0.15) is 5.10 Å². The van der Waals surface area contributed by atoms with Crippen LogP contribution >= 0.6 is 11.6 Å². The Hall–Kier alpha value is -3.52. The Morgan fingerprint density at radius 1 is 1.31 bits per heavy atom. The molecule has 0 aliphatic rings. The maximum atomic E-state index is 11.8. The molecule has 1 N–H and O–H groups in total. The summed E-state index contributed by atoms with van der Waals surface area (Å²) in [5.74, 6) is 0.394. The molecule has 9 heteroatoms. The van der Waals surface area contributed by atoms with Crippen LogP contribution < -0.4 is 5.43 Å². The van der Waals surface area contributed by atoms with Crippen LogP contribution in [0.1, 0.15) is 16.1 Å². The molecule has 0 bridgehead atoms. The molecule has 0 unspecified atom stereocenters. The van der Waals surface area contributed by atoms with E-state index < -0.39 is 10.8 Å². The molecule has 8 nitrogen and oxygen atoms in total. The van der Waals surface area contributed by atoms with Crippen molar-refractivity contribution >= 4 is 29.4 Å². The van der Waals surface area contributed by atoms with Gasteiger partial charge in [0.05, 0.1) is 21.7 Å². The first-order valence-corrected chi connectivity index (χ1v) is 7.70. The second-order valence-corrected chi connectivity index (χ2v) is 5.47. The lowest BCUT2D eigenvalue weighted by Gasteiger charge is -2.00. The maximum absolute atomic E-state index is 11.8. The summed E-state index contributed by atoms with van der Waals surface area (Å²) in [6.07, 6.45) is 4.32. The minimum Gasteiger partial charge on any atom is -0.455 e. The number of hydrazone groups is 1. The van der Waals surface area contributed by atoms with E-state index in [-0.39, 0.29) is 10.7 Å². The number of nitro benzene ring substituents is 1. The van der Waals surface area contributed by atoms with Crippen LogP contribution in [0, 0.1) is 10.1 Å². The van der Waals surface area contributed by atoms with Crippen molar-refractivity contribution in [3.05, 3.63) is 81.3 Å². The van der Waals surface area contributed by atoms with Crippen molar-refractivity contribution in [3.63, 3.8) is 0 Å². The number of halogens is 1. The molecule has 3 rings (SSSR count). The number of amides is 1. The number of non-ortho nitro benzene ring substituents is 1. The Balaban J connectivity index is 1.70. The Labute approximate surface area is 152 Å². The number of nitro groups is 1. The van der Waals surface area contributed by atoms with Gasteiger partial charge in [-0.25, -0.2) is 5.43 Å². The molecule has 0 spiro atoms. The first kappa shape index (κ1) is 17.3. The van der Waals surface area contributed by atoms with Gasteiger partial charge in [0.25, 0.3) is 11.6 Å². The number of nitrogens with one attached hydrogen (secondary N) is 1. The number of carbonyl (C=O) groups excluding carboxylic acids is 1. The Morgan fingerprint density at radius 3 is 2.85 bits per heavy atom. The highest BCUT2D eigenvalue weighted by atomic mass is 35.5. The first-order valence-electron chi connectivity index (χ1n) is 7.32. The molecular weight excluding hydrogens is 360 g/mol. The van der Waals surface area contributed by atoms with Gasteiger partial charge >= 0.3 is 0 Å². The number of furan rings is 1. The van der Waals surface area contributed by atoms with Crippen molar-refractivity contribution in [3.8, 4) is 11.3 Å². The topological polar surface area (TPSA) is 111 Å². The molecule has 0 saturated carbocycles. The highest BCUT2D eigenvalue weighted by Gasteiger charge is 2.13. The monoisotopic (exact) mass is 370 g/mol. The summed E-state index contributed by atoms with van der Waals surface area (Å²) in [5.41, 5.74) is 3.14. The summed E-state index contributed by atoms with van der Waals surface area (Å²) < 4.78 is 5.57. The number of pyridine rings is 1. The van der Waals surface area contributed by atoms with Crippen LogP contribution in [0.15, 0.2) is 64.4 Å². The molecule has 0 fully saturated rings. The lowest BCUT2D eigenvalue weighted by Crippen LogP contribution is -2.17. The second-order valence-electron chi connectivity index (χ2n) is 5.06. The van der Waals surface area contributed by atoms with Gasteiger partial charge in [0, 0.05) is 30.1 Å². The van der Waals surface area contributed by atoms with Crippen molar-refractivity contribution in [2.75, 3.05) is 0 Å². The molecule has 0 atom stereocenters. The van der Waals surface area contributed by atoms with Gasteiger partial charge in [-0.15, -0.1) is 0 Å². The Kier molecular flexibility index (Phi) is 5.04. The molecule has 130 valence electrons. The van der Waals surface area contributed by atoms with Crippen LogP contribution in [0.4, 0.5) is 5.69 Å². The lowest BCUT2D eigenvalue weighted by molar-refractivity contribution is -0.384. The number of benzene rings is 1. The molecule has 26 heavy (non-hydrogen) atoms. The highest BCUT2D eigenvalue weighted by molar-refractivity contribution is 6.33. The van der Waals surface area contributed by atoms with Crippen molar-refractivity contribution in [2.45, 2.75) is 0 Å². The molecule has 2 aromatic heterocycles. The molecule has 1 aromatic carbocycles. The average molecular weight is 371 g/mol. The fraction of sp³-hybridized carbons (Fsp3) is 0. The SMILES string of the molecule is O=C(N/N=C\c1ccc(-c2ccc([N+](=O)[O-])cc2Cl)o1)c1cccnc1. The van der Waals surface area contributed by atoms with Crippen molar-refractivity contribution in [1.82, 2.24) is 10.4 Å². The van der Waals surface area contributed by atoms with Crippen LogP contribution in [0.3, 0.4) is 0 Å². The summed E-state index contributed by atoms with van der Waals surface area (Å²) in [6, 6.07) is 10.6. The molecule has 0 radical (unpaired) electrons. The third-order valence-corrected chi connectivity index (χ3v) is 3.65. The number of carbonyl (C=O) groups is 1. The van der Waals surface area contributed by atoms with Crippen molar-refractivity contribution in [2.24, 2.45) is 5.10 Å². The number of nitrogens with zero attached hydrogens (tertiary/aromatic N) is 3. The predicted octanol–water partition coefficient (Wildman–Crippen LogP) is 3.67. The molecule has 2 heterocycles. The number of aromatic nitrogens is 1. The van der Waals surface area contributed by atoms with Crippen LogP contribution in [0.25, 0.3) is 11.3 Å². The number of hydrogen-bond acceptors (Lipinski definition) is 6. The van der Waals surface area contributed by atoms with Gasteiger partial charge in [0.1, 0.15) is 11.5 Å². The minimum absolute atomic E-state index is 0.106. The van der Waals surface area contributed by atoms with E-state index in [0.717, 1.165) is 0 Å². The standard InChI is InChI=1S/C17H11ClN4O4/c18-15-8-12(22(24)25)3-5-14(15)16-6-4-13(26-16)10-20-21-17(23)11-2-1-7-19-9-11/h1-10H,(H,21,23)/b20-10-. The zero-order valence-electron chi connectivity index (χ0n) is 13.1. The van der Waals surface area contributed by atoms with E-state index in [1.54, 1.807) is 30.5 Å². The van der Waals surface area contributed by atoms with E-state index in [1.807, 2.05) is 0 Å². The third-order valence-electron chi connectivity index (χ3n) is 3.34. The van der Waals surface area contributed by atoms with E-state index in [1.165, 1.54) is 30.6 Å². The molecule has 0 aliphatic carbocycles. The van der Waals surface area contributed by atoms with E-state index in [2.05, 4.69) is 15.5 Å². The summed E-state index contributed by atoms with van der Waals surface area (Å²) in [6.45, 7) is 0. The fourth-order valence-corrected chi connectivity index (χ4v) is 2.37. The second kappa shape index (κ2) is 7.58. The van der Waals surface area contributed by atoms with Crippen LogP contribution in [0.2, 0.25) is 5.02 Å². The third kappa shape index (κ3) is 3.93. The molecular formula is C17H11ClN4O4. The predicted molar refractivity (Wildman–Crippen MR) is 95.1 cm³/mol. The quantitative estimate of drug-likeness (QED) is 0.418. The van der Waals surface area contributed by atoms with E-state index in [4.69, 9.17) is 16.0 Å². The van der Waals surface area contributed by atoms with Gasteiger partial charge in [-0.05, 0) is 30.3 Å². The van der Waals surface area contributed by atoms with Crippen LogP contribution in [-0.2, 0) is 0 Å². The fourth-order valence-electron chi connectivity index (χ4n) is 2.10. The first-order chi connectivity index (χ1) is 12.5. The average Bonchev–Trinajstić information content (AvgIpc) is 3.10. The Morgan fingerprint density at radius 2 is 2.15 bits per heavy atom. The van der Waals surface area contributed by atoms with E-state index in [9.17, 15) is 14.9 Å². The molecule has 3 aromatic rings. The summed E-state index contributed by atoms with van der Waals surface area (Å²) in [5, 5.41) is 14.8. The minimum atomic E-state index is -0.527. The maximum Gasteiger partial charge on any atom is 0.272 e. The van der Waals surface area contributed by atoms with Gasteiger partial charge in [0.15, 0.2) is 0 Å². The van der Waals surface area contributed by atoms with E-state index in [0.29, 0.717) is 22.6 Å². The molecule has 0 saturated heterocycles. The van der Waals surface area contributed by atoms with Crippen molar-refractivity contribution in [1.29, 1.82) is 0 Å². The highest BCUT2D eigenvalue weighted by Crippen LogP contribution is 2.31. The lowest BCUT2D eigenvalue weighted by atomic mass is 10.1. The zero-order valence-corrected chi connectivity index (χ0v) is 13.9. The largest absolute Gasteiger partial charge is 0.455 e. The van der Waals surface area contributed by atoms with Crippen molar-refractivity contribution < 1.29 is 14.1 Å². The molecule has 0 aliphatic heterocycles. The normalized spacial score (nSPS) is 10.8.